The largest absolute Gasteiger partial charge is 0.395 e. The maximum absolute atomic E-state index is 11.9. The number of aliphatic hydroxyl groups excluding tert-OH is 1. The number of hydrogen-bond acceptors (Lipinski definition) is 4. The Balaban J connectivity index is 1.47. The summed E-state index contributed by atoms with van der Waals surface area (Å²) in [4.78, 5) is 11.9. The standard InChI is InChI=1S/C22H23N3O2/c23-11-14-2-1-3-18(10-14)15-4-6-16(7-5-15)21-19(25-20(21)13-26)12-24-22(27)17-8-9-17/h1-7,10,17,19-21,25-26H,8-9,12-13H2,(H,24,27)/t19-,20-,21-/m1/s1. The maximum atomic E-state index is 11.9. The second-order valence-corrected chi connectivity index (χ2v) is 7.42. The molecule has 5 heteroatoms. The van der Waals surface area contributed by atoms with Gasteiger partial charge in [0, 0.05) is 30.5 Å². The molecule has 2 aliphatic rings. The lowest BCUT2D eigenvalue weighted by molar-refractivity contribution is -0.122. The van der Waals surface area contributed by atoms with Crippen LogP contribution < -0.4 is 10.6 Å². The van der Waals surface area contributed by atoms with Gasteiger partial charge in [-0.25, -0.2) is 0 Å². The Hall–Kier alpha value is -2.68. The lowest BCUT2D eigenvalue weighted by Gasteiger charge is -2.46. The third-order valence-corrected chi connectivity index (χ3v) is 5.56. The van der Waals surface area contributed by atoms with Gasteiger partial charge in [0.15, 0.2) is 0 Å². The van der Waals surface area contributed by atoms with Gasteiger partial charge in [-0.15, -0.1) is 0 Å². The van der Waals surface area contributed by atoms with E-state index >= 15 is 0 Å². The molecular formula is C22H23N3O2. The van der Waals surface area contributed by atoms with E-state index in [1.807, 2.05) is 18.2 Å². The molecule has 27 heavy (non-hydrogen) atoms. The Morgan fingerprint density at radius 1 is 1.15 bits per heavy atom. The zero-order valence-electron chi connectivity index (χ0n) is 15.1. The second kappa shape index (κ2) is 7.51. The average Bonchev–Trinajstić information content (AvgIpc) is 3.53. The van der Waals surface area contributed by atoms with Crippen molar-refractivity contribution in [1.29, 1.82) is 5.26 Å². The van der Waals surface area contributed by atoms with E-state index in [0.717, 1.165) is 29.5 Å². The fourth-order valence-corrected chi connectivity index (χ4v) is 3.83. The van der Waals surface area contributed by atoms with Crippen molar-refractivity contribution >= 4 is 5.91 Å². The first-order valence-electron chi connectivity index (χ1n) is 9.44. The molecule has 3 atom stereocenters. The smallest absolute Gasteiger partial charge is 0.223 e. The summed E-state index contributed by atoms with van der Waals surface area (Å²) in [7, 11) is 0. The molecule has 3 N–H and O–H groups in total. The van der Waals surface area contributed by atoms with E-state index in [4.69, 9.17) is 5.26 Å². The minimum absolute atomic E-state index is 0.0144. The van der Waals surface area contributed by atoms with Gasteiger partial charge in [0.1, 0.15) is 0 Å². The molecule has 0 bridgehead atoms. The third-order valence-electron chi connectivity index (χ3n) is 5.56. The van der Waals surface area contributed by atoms with Crippen LogP contribution in [0, 0.1) is 17.2 Å². The molecule has 1 amide bonds. The van der Waals surface area contributed by atoms with Crippen LogP contribution in [0.3, 0.4) is 0 Å². The van der Waals surface area contributed by atoms with Crippen LogP contribution in [-0.2, 0) is 4.79 Å². The summed E-state index contributed by atoms with van der Waals surface area (Å²) in [6.45, 7) is 0.659. The molecule has 4 rings (SSSR count). The van der Waals surface area contributed by atoms with Crippen LogP contribution in [0.2, 0.25) is 0 Å². The van der Waals surface area contributed by atoms with E-state index in [-0.39, 0.29) is 36.4 Å². The predicted molar refractivity (Wildman–Crippen MR) is 103 cm³/mol. The first-order chi connectivity index (χ1) is 13.2. The molecule has 1 aliphatic heterocycles. The van der Waals surface area contributed by atoms with Gasteiger partial charge in [-0.3, -0.25) is 4.79 Å². The van der Waals surface area contributed by atoms with E-state index < -0.39 is 0 Å². The molecule has 2 aromatic carbocycles. The Morgan fingerprint density at radius 2 is 1.93 bits per heavy atom. The van der Waals surface area contributed by atoms with E-state index in [9.17, 15) is 9.90 Å². The molecule has 0 spiro atoms. The number of aliphatic hydroxyl groups is 1. The van der Waals surface area contributed by atoms with Crippen LogP contribution in [-0.4, -0.2) is 36.2 Å². The van der Waals surface area contributed by atoms with E-state index in [1.165, 1.54) is 0 Å². The summed E-state index contributed by atoms with van der Waals surface area (Å²) < 4.78 is 0. The molecule has 1 saturated carbocycles. The SMILES string of the molecule is N#Cc1cccc(-c2ccc([C@H]3[C@@H](CO)N[C@@H]3CNC(=O)C3CC3)cc2)c1. The topological polar surface area (TPSA) is 85.2 Å². The lowest BCUT2D eigenvalue weighted by atomic mass is 9.77. The number of nitriles is 1. The van der Waals surface area contributed by atoms with E-state index in [2.05, 4.69) is 41.0 Å². The molecule has 138 valence electrons. The van der Waals surface area contributed by atoms with Crippen LogP contribution in [0.5, 0.6) is 0 Å². The highest BCUT2D eigenvalue weighted by molar-refractivity contribution is 5.80. The molecule has 1 saturated heterocycles. The van der Waals surface area contributed by atoms with Crippen molar-refractivity contribution in [2.45, 2.75) is 30.8 Å². The summed E-state index contributed by atoms with van der Waals surface area (Å²) in [5, 5.41) is 25.1. The zero-order valence-corrected chi connectivity index (χ0v) is 15.1. The monoisotopic (exact) mass is 361 g/mol. The highest BCUT2D eigenvalue weighted by Gasteiger charge is 2.41. The van der Waals surface area contributed by atoms with Crippen molar-refractivity contribution in [2.24, 2.45) is 5.92 Å². The third kappa shape index (κ3) is 3.73. The van der Waals surface area contributed by atoms with Gasteiger partial charge in [0.25, 0.3) is 0 Å². The van der Waals surface area contributed by atoms with Gasteiger partial charge < -0.3 is 15.7 Å². The average molecular weight is 361 g/mol. The van der Waals surface area contributed by atoms with Gasteiger partial charge in [-0.1, -0.05) is 36.4 Å². The molecular weight excluding hydrogens is 338 g/mol. The molecule has 5 nitrogen and oxygen atoms in total. The number of rotatable bonds is 6. The van der Waals surface area contributed by atoms with Gasteiger partial charge in [0.2, 0.25) is 5.91 Å². The Morgan fingerprint density at radius 3 is 2.59 bits per heavy atom. The highest BCUT2D eigenvalue weighted by Crippen LogP contribution is 2.34. The molecule has 2 aromatic rings. The van der Waals surface area contributed by atoms with Crippen molar-refractivity contribution in [2.75, 3.05) is 13.2 Å². The van der Waals surface area contributed by atoms with Gasteiger partial charge in [0.05, 0.1) is 18.2 Å². The number of carbonyl (C=O) groups is 1. The molecule has 0 unspecified atom stereocenters. The van der Waals surface area contributed by atoms with Crippen molar-refractivity contribution in [1.82, 2.24) is 10.6 Å². The summed E-state index contributed by atoms with van der Waals surface area (Å²) in [6, 6.07) is 18.1. The number of amides is 1. The van der Waals surface area contributed by atoms with Gasteiger partial charge >= 0.3 is 0 Å². The van der Waals surface area contributed by atoms with Crippen molar-refractivity contribution in [3.63, 3.8) is 0 Å². The van der Waals surface area contributed by atoms with Crippen molar-refractivity contribution in [3.8, 4) is 17.2 Å². The molecule has 1 aliphatic carbocycles. The zero-order chi connectivity index (χ0) is 18.8. The lowest BCUT2D eigenvalue weighted by Crippen LogP contribution is -2.64. The van der Waals surface area contributed by atoms with E-state index in [1.54, 1.807) is 6.07 Å². The Bertz CT molecular complexity index is 868. The van der Waals surface area contributed by atoms with Crippen molar-refractivity contribution < 1.29 is 9.90 Å². The van der Waals surface area contributed by atoms with Crippen LogP contribution in [0.4, 0.5) is 0 Å². The van der Waals surface area contributed by atoms with Crippen LogP contribution in [0.1, 0.15) is 29.9 Å². The summed E-state index contributed by atoms with van der Waals surface area (Å²) in [5.74, 6) is 0.533. The van der Waals surface area contributed by atoms with Crippen LogP contribution >= 0.6 is 0 Å². The fourth-order valence-electron chi connectivity index (χ4n) is 3.83. The van der Waals surface area contributed by atoms with Crippen LogP contribution in [0.15, 0.2) is 48.5 Å². The van der Waals surface area contributed by atoms with Crippen molar-refractivity contribution in [3.05, 3.63) is 59.7 Å². The Labute approximate surface area is 159 Å². The molecule has 0 aromatic heterocycles. The maximum Gasteiger partial charge on any atom is 0.223 e. The first-order valence-corrected chi connectivity index (χ1v) is 9.44. The summed E-state index contributed by atoms with van der Waals surface area (Å²) in [6.07, 6.45) is 2.00. The van der Waals surface area contributed by atoms with Crippen LogP contribution in [0.25, 0.3) is 11.1 Å². The molecule has 0 radical (unpaired) electrons. The predicted octanol–water partition coefficient (Wildman–Crippen LogP) is 2.17. The quantitative estimate of drug-likeness (QED) is 0.736. The summed E-state index contributed by atoms with van der Waals surface area (Å²) >= 11 is 0. The fraction of sp³-hybridized carbons (Fsp3) is 0.364. The second-order valence-electron chi connectivity index (χ2n) is 7.42. The number of nitrogens with one attached hydrogen (secondary N) is 2. The minimum atomic E-state index is 0.0144. The van der Waals surface area contributed by atoms with Gasteiger partial charge in [-0.05, 0) is 41.7 Å². The number of nitrogens with zero attached hydrogens (tertiary/aromatic N) is 1. The first kappa shape index (κ1) is 17.7. The Kier molecular flexibility index (Phi) is 4.93. The molecule has 1 heterocycles. The summed E-state index contributed by atoms with van der Waals surface area (Å²) in [5.41, 5.74) is 3.87. The normalized spacial score (nSPS) is 23.9. The molecule has 2 fully saturated rings. The number of benzene rings is 2. The number of carbonyl (C=O) groups excluding carboxylic acids is 1. The van der Waals surface area contributed by atoms with Gasteiger partial charge in [-0.2, -0.15) is 5.26 Å². The highest BCUT2D eigenvalue weighted by atomic mass is 16.3. The number of hydrogen-bond donors (Lipinski definition) is 3. The van der Waals surface area contributed by atoms with E-state index in [0.29, 0.717) is 12.1 Å². The minimum Gasteiger partial charge on any atom is -0.395 e.